The second kappa shape index (κ2) is 7.97. The number of nitrogens with zero attached hydrogens (tertiary/aromatic N) is 1. The molecular weight excluding hydrogens is 418 g/mol. The Hall–Kier alpha value is -1.94. The maximum Gasteiger partial charge on any atom is 0.418 e. The zero-order chi connectivity index (χ0) is 20.4. The summed E-state index contributed by atoms with van der Waals surface area (Å²) in [6, 6.07) is 4.80. The number of carbonyl (C=O) groups is 1. The van der Waals surface area contributed by atoms with Crippen molar-refractivity contribution in [1.82, 2.24) is 4.98 Å². The average molecular weight is 429 g/mol. The van der Waals surface area contributed by atoms with Crippen LogP contribution in [0.1, 0.15) is 18.1 Å². The van der Waals surface area contributed by atoms with Crippen molar-refractivity contribution >= 4 is 35.0 Å². The van der Waals surface area contributed by atoms with Crippen LogP contribution in [0.15, 0.2) is 41.6 Å². The molecule has 1 atom stereocenters. The number of carbonyl (C=O) groups excluding carboxylic acids is 1. The lowest BCUT2D eigenvalue weighted by Gasteiger charge is -2.16. The molecule has 0 fully saturated rings. The first kappa shape index (κ1) is 21.4. The Kier molecular flexibility index (Phi) is 6.31. The van der Waals surface area contributed by atoms with Gasteiger partial charge in [-0.15, -0.1) is 0 Å². The van der Waals surface area contributed by atoms with E-state index in [1.54, 1.807) is 0 Å². The molecule has 0 aliphatic rings. The molecule has 0 bridgehead atoms. The molecule has 0 saturated carbocycles. The minimum absolute atomic E-state index is 0.123. The van der Waals surface area contributed by atoms with Crippen LogP contribution < -0.4 is 5.32 Å². The Labute approximate surface area is 159 Å². The number of amides is 1. The number of nitrogens with one attached hydrogen (secondary N) is 1. The molecule has 146 valence electrons. The molecule has 0 saturated heterocycles. The fourth-order valence-corrected chi connectivity index (χ4v) is 2.91. The van der Waals surface area contributed by atoms with Crippen LogP contribution in [0, 0.1) is 0 Å². The van der Waals surface area contributed by atoms with E-state index in [9.17, 15) is 31.1 Å². The van der Waals surface area contributed by atoms with Crippen LogP contribution in [0.5, 0.6) is 0 Å². The lowest BCUT2D eigenvalue weighted by molar-refractivity contribution is -0.138. The smallest absolute Gasteiger partial charge is 0.325 e. The summed E-state index contributed by atoms with van der Waals surface area (Å²) in [5, 5.41) is 1.22. The third-order valence-electron chi connectivity index (χ3n) is 3.28. The minimum atomic E-state index is -4.72. The largest absolute Gasteiger partial charge is 0.418 e. The molecule has 1 amide bonds. The fraction of sp³-hybridized carbons (Fsp3) is 0.250. The lowest BCUT2D eigenvalue weighted by Crippen LogP contribution is -2.24. The van der Waals surface area contributed by atoms with Gasteiger partial charge in [0.2, 0.25) is 5.91 Å². The zero-order valence-corrected chi connectivity index (χ0v) is 15.0. The van der Waals surface area contributed by atoms with Gasteiger partial charge in [0.25, 0.3) is 0 Å². The van der Waals surface area contributed by atoms with E-state index in [2.05, 4.69) is 10.3 Å². The summed E-state index contributed by atoms with van der Waals surface area (Å²) in [4.78, 5) is 15.8. The molecule has 2 rings (SSSR count). The van der Waals surface area contributed by atoms with Crippen molar-refractivity contribution in [3.63, 3.8) is 0 Å². The van der Waals surface area contributed by atoms with Gasteiger partial charge in [-0.05, 0) is 37.3 Å². The molecule has 3 nitrogen and oxygen atoms in total. The Bertz CT molecular complexity index is 823. The maximum absolute atomic E-state index is 13.0. The van der Waals surface area contributed by atoms with Crippen LogP contribution in [-0.2, 0) is 17.1 Å². The van der Waals surface area contributed by atoms with E-state index in [0.29, 0.717) is 12.3 Å². The molecule has 11 heteroatoms. The Balaban J connectivity index is 2.11. The monoisotopic (exact) mass is 428 g/mol. The summed E-state index contributed by atoms with van der Waals surface area (Å²) in [5.74, 6) is -0.769. The first-order chi connectivity index (χ1) is 12.4. The molecule has 0 spiro atoms. The molecule has 1 heterocycles. The summed E-state index contributed by atoms with van der Waals surface area (Å²) in [6.07, 6.45) is -8.64. The second-order valence-electron chi connectivity index (χ2n) is 5.32. The number of thioether (sulfide) groups is 1. The van der Waals surface area contributed by atoms with Crippen LogP contribution >= 0.6 is 23.4 Å². The van der Waals surface area contributed by atoms with E-state index in [1.807, 2.05) is 0 Å². The highest BCUT2D eigenvalue weighted by Gasteiger charge is 2.35. The molecule has 0 aliphatic carbocycles. The first-order valence-corrected chi connectivity index (χ1v) is 8.51. The minimum Gasteiger partial charge on any atom is -0.325 e. The van der Waals surface area contributed by atoms with Crippen LogP contribution in [0.2, 0.25) is 5.02 Å². The molecule has 1 aromatic heterocycles. The normalized spacial score (nSPS) is 13.3. The van der Waals surface area contributed by atoms with Gasteiger partial charge in [0, 0.05) is 11.2 Å². The zero-order valence-electron chi connectivity index (χ0n) is 13.5. The highest BCUT2D eigenvalue weighted by Crippen LogP contribution is 2.37. The van der Waals surface area contributed by atoms with Crippen molar-refractivity contribution in [2.24, 2.45) is 0 Å². The number of aromatic nitrogens is 1. The molecule has 1 aromatic carbocycles. The second-order valence-corrected chi connectivity index (χ2v) is 7.12. The number of halogens is 7. The number of benzene rings is 1. The topological polar surface area (TPSA) is 42.0 Å². The van der Waals surface area contributed by atoms with Gasteiger partial charge in [0.05, 0.1) is 27.1 Å². The van der Waals surface area contributed by atoms with Crippen molar-refractivity contribution < 1.29 is 31.1 Å². The number of hydrogen-bond donors (Lipinski definition) is 1. The van der Waals surface area contributed by atoms with Gasteiger partial charge < -0.3 is 5.32 Å². The van der Waals surface area contributed by atoms with E-state index < -0.39 is 40.3 Å². The van der Waals surface area contributed by atoms with Gasteiger partial charge in [-0.1, -0.05) is 23.4 Å². The maximum atomic E-state index is 13.0. The van der Waals surface area contributed by atoms with Gasteiger partial charge in [0.15, 0.2) is 0 Å². The van der Waals surface area contributed by atoms with E-state index in [0.717, 1.165) is 30.0 Å². The van der Waals surface area contributed by atoms with Crippen molar-refractivity contribution in [3.05, 3.63) is 52.7 Å². The number of rotatable bonds is 4. The van der Waals surface area contributed by atoms with Crippen LogP contribution in [0.4, 0.5) is 32.0 Å². The third kappa shape index (κ3) is 5.77. The Morgan fingerprint density at radius 3 is 2.30 bits per heavy atom. The number of hydrogen-bond acceptors (Lipinski definition) is 3. The van der Waals surface area contributed by atoms with Crippen LogP contribution in [-0.4, -0.2) is 16.1 Å². The van der Waals surface area contributed by atoms with Gasteiger partial charge in [-0.2, -0.15) is 26.3 Å². The van der Waals surface area contributed by atoms with Gasteiger partial charge in [-0.25, -0.2) is 4.98 Å². The number of anilines is 1. The third-order valence-corrected chi connectivity index (χ3v) is 4.56. The molecule has 1 N–H and O–H groups in total. The van der Waals surface area contributed by atoms with E-state index in [-0.39, 0.29) is 10.0 Å². The molecule has 2 aromatic rings. The van der Waals surface area contributed by atoms with Crippen molar-refractivity contribution in [2.75, 3.05) is 5.32 Å². The Morgan fingerprint density at radius 1 is 1.11 bits per heavy atom. The molecule has 0 radical (unpaired) electrons. The first-order valence-electron chi connectivity index (χ1n) is 7.25. The van der Waals surface area contributed by atoms with Crippen molar-refractivity contribution in [1.29, 1.82) is 0 Å². The van der Waals surface area contributed by atoms with Crippen molar-refractivity contribution in [2.45, 2.75) is 29.6 Å². The molecular formula is C16H11ClF6N2OS. The molecule has 1 unspecified atom stereocenters. The molecule has 0 aliphatic heterocycles. The van der Waals surface area contributed by atoms with E-state index >= 15 is 0 Å². The van der Waals surface area contributed by atoms with Crippen LogP contribution in [0.3, 0.4) is 0 Å². The number of pyridine rings is 1. The highest BCUT2D eigenvalue weighted by atomic mass is 35.5. The van der Waals surface area contributed by atoms with Gasteiger partial charge in [0.1, 0.15) is 0 Å². The Morgan fingerprint density at radius 2 is 1.78 bits per heavy atom. The summed E-state index contributed by atoms with van der Waals surface area (Å²) >= 11 is 6.38. The van der Waals surface area contributed by atoms with E-state index in [1.165, 1.54) is 13.0 Å². The standard InChI is InChI=1S/C16H11ClF6N2OS/c1-8(27-13-5-2-9(7-24-13)15(18,19)20)14(26)25-12-4-3-10(17)6-11(12)16(21,22)23/h2-8H,1H3,(H,25,26). The summed E-state index contributed by atoms with van der Waals surface area (Å²) in [7, 11) is 0. The number of alkyl halides is 6. The predicted molar refractivity (Wildman–Crippen MR) is 89.6 cm³/mol. The van der Waals surface area contributed by atoms with Crippen LogP contribution in [0.25, 0.3) is 0 Å². The average Bonchev–Trinajstić information content (AvgIpc) is 2.55. The fourth-order valence-electron chi connectivity index (χ4n) is 1.95. The van der Waals surface area contributed by atoms with Gasteiger partial charge in [-0.3, -0.25) is 4.79 Å². The van der Waals surface area contributed by atoms with E-state index in [4.69, 9.17) is 11.6 Å². The van der Waals surface area contributed by atoms with Crippen molar-refractivity contribution in [3.8, 4) is 0 Å². The SMILES string of the molecule is CC(Sc1ccc(C(F)(F)F)cn1)C(=O)Nc1ccc(Cl)cc1C(F)(F)F. The lowest BCUT2D eigenvalue weighted by atomic mass is 10.1. The quantitative estimate of drug-likeness (QED) is 0.487. The summed E-state index contributed by atoms with van der Waals surface area (Å²) in [6.45, 7) is 1.39. The summed E-state index contributed by atoms with van der Waals surface area (Å²) < 4.78 is 76.6. The highest BCUT2D eigenvalue weighted by molar-refractivity contribution is 8.00. The summed E-state index contributed by atoms with van der Waals surface area (Å²) in [5.41, 5.74) is -2.52. The molecule has 27 heavy (non-hydrogen) atoms. The van der Waals surface area contributed by atoms with Gasteiger partial charge >= 0.3 is 12.4 Å². The predicted octanol–water partition coefficient (Wildman–Crippen LogP) is 5.89.